The van der Waals surface area contributed by atoms with Crippen LogP contribution >= 0.6 is 15.9 Å². The predicted octanol–water partition coefficient (Wildman–Crippen LogP) is 4.10. The van der Waals surface area contributed by atoms with Gasteiger partial charge in [0.15, 0.2) is 0 Å². The molecule has 0 aromatic heterocycles. The summed E-state index contributed by atoms with van der Waals surface area (Å²) in [6, 6.07) is 11.5. The van der Waals surface area contributed by atoms with E-state index in [2.05, 4.69) is 15.9 Å². The first kappa shape index (κ1) is 15.8. The third-order valence-electron chi connectivity index (χ3n) is 2.85. The summed E-state index contributed by atoms with van der Waals surface area (Å²) in [4.78, 5) is 0. The van der Waals surface area contributed by atoms with Crippen molar-refractivity contribution in [2.24, 2.45) is 0 Å². The monoisotopic (exact) mass is 354 g/mol. The minimum absolute atomic E-state index is 0.263. The Morgan fingerprint density at radius 1 is 1.10 bits per heavy atom. The first-order valence-electron chi connectivity index (χ1n) is 6.55. The fourth-order valence-electron chi connectivity index (χ4n) is 1.82. The lowest BCUT2D eigenvalue weighted by molar-refractivity contribution is 0.181. The predicted molar refractivity (Wildman–Crippen MR) is 82.2 cm³/mol. The van der Waals surface area contributed by atoms with Crippen LogP contribution in [0.15, 0.2) is 46.9 Å². The van der Waals surface area contributed by atoms with Crippen molar-refractivity contribution in [3.05, 3.63) is 58.3 Å². The van der Waals surface area contributed by atoms with E-state index in [0.717, 1.165) is 10.2 Å². The number of ether oxygens (including phenoxy) is 2. The van der Waals surface area contributed by atoms with E-state index in [-0.39, 0.29) is 6.61 Å². The molecule has 0 spiro atoms. The highest BCUT2D eigenvalue weighted by Gasteiger charge is 2.10. The van der Waals surface area contributed by atoms with Crippen LogP contribution in [0.25, 0.3) is 0 Å². The first-order chi connectivity index (χ1) is 10.1. The van der Waals surface area contributed by atoms with Gasteiger partial charge in [-0.25, -0.2) is 4.39 Å². The van der Waals surface area contributed by atoms with E-state index in [9.17, 15) is 9.50 Å². The Labute approximate surface area is 131 Å². The zero-order valence-electron chi connectivity index (χ0n) is 11.6. The van der Waals surface area contributed by atoms with Crippen molar-refractivity contribution in [2.45, 2.75) is 13.0 Å². The van der Waals surface area contributed by atoms with Crippen LogP contribution in [0.1, 0.15) is 18.6 Å². The van der Waals surface area contributed by atoms with Crippen LogP contribution in [0, 0.1) is 5.82 Å². The van der Waals surface area contributed by atoms with Crippen LogP contribution in [-0.2, 0) is 0 Å². The third kappa shape index (κ3) is 4.72. The number of halogens is 2. The molecular weight excluding hydrogens is 339 g/mol. The average molecular weight is 355 g/mol. The maximum absolute atomic E-state index is 13.2. The molecule has 0 amide bonds. The van der Waals surface area contributed by atoms with Crippen molar-refractivity contribution in [3.8, 4) is 11.5 Å². The Morgan fingerprint density at radius 3 is 2.43 bits per heavy atom. The summed E-state index contributed by atoms with van der Waals surface area (Å²) in [7, 11) is 0. The van der Waals surface area contributed by atoms with Crippen LogP contribution in [0.2, 0.25) is 0 Å². The normalized spacial score (nSPS) is 12.0. The van der Waals surface area contributed by atoms with E-state index in [1.807, 2.05) is 24.3 Å². The Bertz CT molecular complexity index is 585. The second-order valence-electron chi connectivity index (χ2n) is 4.51. The maximum atomic E-state index is 13.2. The molecule has 2 rings (SSSR count). The summed E-state index contributed by atoms with van der Waals surface area (Å²) in [5.41, 5.74) is 0.556. The van der Waals surface area contributed by atoms with Gasteiger partial charge in [0.05, 0.1) is 6.10 Å². The molecule has 2 aromatic rings. The quantitative estimate of drug-likeness (QED) is 0.793. The van der Waals surface area contributed by atoms with E-state index >= 15 is 0 Å². The fraction of sp³-hybridized carbons (Fsp3) is 0.250. The summed E-state index contributed by atoms with van der Waals surface area (Å²) < 4.78 is 25.2. The van der Waals surface area contributed by atoms with Crippen molar-refractivity contribution < 1.29 is 19.0 Å². The Kier molecular flexibility index (Phi) is 5.59. The van der Waals surface area contributed by atoms with Crippen molar-refractivity contribution in [2.75, 3.05) is 13.2 Å². The molecule has 0 aliphatic rings. The number of hydrogen-bond donors (Lipinski definition) is 1. The van der Waals surface area contributed by atoms with E-state index in [0.29, 0.717) is 17.9 Å². The highest BCUT2D eigenvalue weighted by atomic mass is 79.9. The Balaban J connectivity index is 1.88. The number of aliphatic hydroxyl groups excluding tert-OH is 1. The van der Waals surface area contributed by atoms with Gasteiger partial charge in [-0.1, -0.05) is 15.9 Å². The Morgan fingerprint density at radius 2 is 1.76 bits per heavy atom. The van der Waals surface area contributed by atoms with Gasteiger partial charge in [-0.15, -0.1) is 0 Å². The molecule has 0 radical (unpaired) electrons. The lowest BCUT2D eigenvalue weighted by atomic mass is 10.1. The van der Waals surface area contributed by atoms with Crippen LogP contribution in [0.4, 0.5) is 4.39 Å². The molecule has 0 bridgehead atoms. The summed E-state index contributed by atoms with van der Waals surface area (Å²) in [5, 5.41) is 9.62. The molecule has 0 saturated carbocycles. The van der Waals surface area contributed by atoms with Gasteiger partial charge < -0.3 is 14.6 Å². The van der Waals surface area contributed by atoms with Gasteiger partial charge in [0.25, 0.3) is 0 Å². The van der Waals surface area contributed by atoms with E-state index in [4.69, 9.17) is 9.47 Å². The summed E-state index contributed by atoms with van der Waals surface area (Å²) in [6.45, 7) is 2.20. The van der Waals surface area contributed by atoms with Gasteiger partial charge in [-0.3, -0.25) is 0 Å². The number of hydrogen-bond acceptors (Lipinski definition) is 3. The second-order valence-corrected chi connectivity index (χ2v) is 5.42. The first-order valence-corrected chi connectivity index (χ1v) is 7.34. The van der Waals surface area contributed by atoms with Crippen LogP contribution in [0.3, 0.4) is 0 Å². The van der Waals surface area contributed by atoms with Gasteiger partial charge >= 0.3 is 0 Å². The molecule has 1 N–H and O–H groups in total. The molecular formula is C16H16BrFO3. The van der Waals surface area contributed by atoms with Crippen molar-refractivity contribution in [1.82, 2.24) is 0 Å². The van der Waals surface area contributed by atoms with Crippen molar-refractivity contribution >= 4 is 15.9 Å². The standard InChI is InChI=1S/C16H16BrFO3/c1-11(19)15-7-4-13(18)10-16(15)21-9-8-20-14-5-2-12(17)3-6-14/h2-7,10-11,19H,8-9H2,1H3/t11-/m1/s1. The second kappa shape index (κ2) is 7.43. The van der Waals surface area contributed by atoms with Gasteiger partial charge in [-0.2, -0.15) is 0 Å². The third-order valence-corrected chi connectivity index (χ3v) is 3.38. The summed E-state index contributed by atoms with van der Waals surface area (Å²) in [6.07, 6.45) is -0.715. The average Bonchev–Trinajstić information content (AvgIpc) is 2.45. The molecule has 21 heavy (non-hydrogen) atoms. The molecule has 0 unspecified atom stereocenters. The highest BCUT2D eigenvalue weighted by Crippen LogP contribution is 2.26. The van der Waals surface area contributed by atoms with Gasteiger partial charge in [0.2, 0.25) is 0 Å². The SMILES string of the molecule is C[C@@H](O)c1ccc(F)cc1OCCOc1ccc(Br)cc1. The Hall–Kier alpha value is -1.59. The summed E-state index contributed by atoms with van der Waals surface area (Å²) >= 11 is 3.35. The van der Waals surface area contributed by atoms with E-state index < -0.39 is 11.9 Å². The van der Waals surface area contributed by atoms with Crippen LogP contribution in [0.5, 0.6) is 11.5 Å². The number of benzene rings is 2. The number of rotatable bonds is 6. The molecule has 0 saturated heterocycles. The molecule has 0 aliphatic heterocycles. The molecule has 3 nitrogen and oxygen atoms in total. The molecule has 0 fully saturated rings. The zero-order chi connectivity index (χ0) is 15.2. The van der Waals surface area contributed by atoms with Crippen molar-refractivity contribution in [3.63, 3.8) is 0 Å². The van der Waals surface area contributed by atoms with Crippen LogP contribution in [-0.4, -0.2) is 18.3 Å². The zero-order valence-corrected chi connectivity index (χ0v) is 13.1. The van der Waals surface area contributed by atoms with E-state index in [1.54, 1.807) is 6.92 Å². The van der Waals surface area contributed by atoms with Gasteiger partial charge in [0.1, 0.15) is 30.5 Å². The topological polar surface area (TPSA) is 38.7 Å². The van der Waals surface area contributed by atoms with Gasteiger partial charge in [-0.05, 0) is 43.3 Å². The lowest BCUT2D eigenvalue weighted by Gasteiger charge is -2.14. The van der Waals surface area contributed by atoms with Crippen molar-refractivity contribution in [1.29, 1.82) is 0 Å². The highest BCUT2D eigenvalue weighted by molar-refractivity contribution is 9.10. The maximum Gasteiger partial charge on any atom is 0.128 e. The smallest absolute Gasteiger partial charge is 0.128 e. The van der Waals surface area contributed by atoms with Crippen LogP contribution < -0.4 is 9.47 Å². The number of aliphatic hydroxyl groups is 1. The largest absolute Gasteiger partial charge is 0.490 e. The minimum atomic E-state index is -0.715. The molecule has 0 aliphatic carbocycles. The fourth-order valence-corrected chi connectivity index (χ4v) is 2.08. The molecule has 1 atom stereocenters. The minimum Gasteiger partial charge on any atom is -0.490 e. The molecule has 112 valence electrons. The lowest BCUT2D eigenvalue weighted by Crippen LogP contribution is -2.10. The molecule has 2 aromatic carbocycles. The van der Waals surface area contributed by atoms with Gasteiger partial charge in [0, 0.05) is 16.1 Å². The molecule has 0 heterocycles. The van der Waals surface area contributed by atoms with E-state index in [1.165, 1.54) is 18.2 Å². The summed E-state index contributed by atoms with van der Waals surface area (Å²) in [5.74, 6) is 0.671. The molecule has 5 heteroatoms.